The predicted molar refractivity (Wildman–Crippen MR) is 74.7 cm³/mol. The largest absolute Gasteiger partial charge is 0.478 e. The number of aromatic carboxylic acids is 1. The minimum Gasteiger partial charge on any atom is -0.478 e. The van der Waals surface area contributed by atoms with Crippen LogP contribution in [0.5, 0.6) is 0 Å². The standard InChI is InChI=1S/C14H10N2O3S/c1-8-6-20-7-11(8)12-15-13(19-16-12)9-4-2-3-5-10(9)14(17)18/h2-7H,1H3,(H,17,18). The highest BCUT2D eigenvalue weighted by Crippen LogP contribution is 2.28. The SMILES string of the molecule is Cc1cscc1-c1noc(-c2ccccc2C(=O)O)n1. The lowest BCUT2D eigenvalue weighted by Gasteiger charge is -1.99. The number of carbonyl (C=O) groups is 1. The summed E-state index contributed by atoms with van der Waals surface area (Å²) in [7, 11) is 0. The van der Waals surface area contributed by atoms with E-state index in [1.54, 1.807) is 29.5 Å². The highest BCUT2D eigenvalue weighted by atomic mass is 32.1. The van der Waals surface area contributed by atoms with Crippen molar-refractivity contribution in [2.45, 2.75) is 6.92 Å². The summed E-state index contributed by atoms with van der Waals surface area (Å²) >= 11 is 1.56. The Morgan fingerprint density at radius 2 is 2.05 bits per heavy atom. The average molecular weight is 286 g/mol. The van der Waals surface area contributed by atoms with Crippen LogP contribution in [-0.4, -0.2) is 21.2 Å². The zero-order valence-electron chi connectivity index (χ0n) is 10.5. The van der Waals surface area contributed by atoms with E-state index in [4.69, 9.17) is 4.52 Å². The van der Waals surface area contributed by atoms with Crippen LogP contribution in [0.2, 0.25) is 0 Å². The van der Waals surface area contributed by atoms with Crippen molar-refractivity contribution in [3.63, 3.8) is 0 Å². The Morgan fingerprint density at radius 3 is 2.75 bits per heavy atom. The third kappa shape index (κ3) is 2.10. The molecule has 3 aromatic rings. The van der Waals surface area contributed by atoms with E-state index in [9.17, 15) is 9.90 Å². The lowest BCUT2D eigenvalue weighted by atomic mass is 10.1. The zero-order valence-corrected chi connectivity index (χ0v) is 11.3. The van der Waals surface area contributed by atoms with Crippen LogP contribution in [0.3, 0.4) is 0 Å². The van der Waals surface area contributed by atoms with Gasteiger partial charge in [-0.15, -0.1) is 0 Å². The van der Waals surface area contributed by atoms with Crippen LogP contribution >= 0.6 is 11.3 Å². The molecule has 0 aliphatic carbocycles. The molecule has 0 unspecified atom stereocenters. The van der Waals surface area contributed by atoms with Crippen molar-refractivity contribution in [1.82, 2.24) is 10.1 Å². The number of rotatable bonds is 3. The lowest BCUT2D eigenvalue weighted by molar-refractivity contribution is 0.0697. The summed E-state index contributed by atoms with van der Waals surface area (Å²) in [5.41, 5.74) is 2.53. The van der Waals surface area contributed by atoms with Gasteiger partial charge in [0, 0.05) is 10.9 Å². The molecule has 0 aliphatic rings. The maximum Gasteiger partial charge on any atom is 0.336 e. The smallest absolute Gasteiger partial charge is 0.336 e. The van der Waals surface area contributed by atoms with E-state index in [0.29, 0.717) is 11.4 Å². The van der Waals surface area contributed by atoms with Gasteiger partial charge >= 0.3 is 5.97 Å². The normalized spacial score (nSPS) is 10.7. The molecular formula is C14H10N2O3S. The van der Waals surface area contributed by atoms with Crippen molar-refractivity contribution in [3.05, 3.63) is 46.2 Å². The number of benzene rings is 1. The number of carboxylic acids is 1. The molecule has 0 spiro atoms. The van der Waals surface area contributed by atoms with Crippen molar-refractivity contribution in [2.24, 2.45) is 0 Å². The number of carboxylic acid groups (broad SMARTS) is 1. The first-order valence-corrected chi connectivity index (χ1v) is 6.80. The molecule has 0 saturated carbocycles. The molecule has 0 radical (unpaired) electrons. The van der Waals surface area contributed by atoms with E-state index < -0.39 is 5.97 Å². The quantitative estimate of drug-likeness (QED) is 0.797. The molecule has 0 bridgehead atoms. The number of aromatic nitrogens is 2. The minimum atomic E-state index is -1.02. The van der Waals surface area contributed by atoms with Gasteiger partial charge in [0.05, 0.1) is 11.1 Å². The topological polar surface area (TPSA) is 76.2 Å². The van der Waals surface area contributed by atoms with Gasteiger partial charge in [0.25, 0.3) is 5.89 Å². The number of thiophene rings is 1. The first-order valence-electron chi connectivity index (χ1n) is 5.86. The second-order valence-corrected chi connectivity index (χ2v) is 4.99. The third-order valence-corrected chi connectivity index (χ3v) is 3.77. The molecule has 0 amide bonds. The summed E-state index contributed by atoms with van der Waals surface area (Å²) in [5, 5.41) is 17.0. The molecule has 1 N–H and O–H groups in total. The van der Waals surface area contributed by atoms with Crippen LogP contribution < -0.4 is 0 Å². The Morgan fingerprint density at radius 1 is 1.25 bits per heavy atom. The fourth-order valence-electron chi connectivity index (χ4n) is 1.89. The van der Waals surface area contributed by atoms with E-state index in [0.717, 1.165) is 11.1 Å². The van der Waals surface area contributed by atoms with Gasteiger partial charge in [-0.25, -0.2) is 4.79 Å². The summed E-state index contributed by atoms with van der Waals surface area (Å²) in [6.45, 7) is 1.97. The van der Waals surface area contributed by atoms with Crippen LogP contribution in [-0.2, 0) is 0 Å². The molecule has 100 valence electrons. The van der Waals surface area contributed by atoms with Crippen LogP contribution in [0.1, 0.15) is 15.9 Å². The van der Waals surface area contributed by atoms with Crippen LogP contribution in [0.4, 0.5) is 0 Å². The molecule has 0 saturated heterocycles. The van der Waals surface area contributed by atoms with Crippen LogP contribution in [0.15, 0.2) is 39.5 Å². The maximum atomic E-state index is 11.2. The Hall–Kier alpha value is -2.47. The van der Waals surface area contributed by atoms with Crippen molar-refractivity contribution in [1.29, 1.82) is 0 Å². The molecule has 3 rings (SSSR count). The third-order valence-electron chi connectivity index (χ3n) is 2.91. The monoisotopic (exact) mass is 286 g/mol. The van der Waals surface area contributed by atoms with Gasteiger partial charge in [0.15, 0.2) is 0 Å². The van der Waals surface area contributed by atoms with E-state index in [1.807, 2.05) is 17.7 Å². The highest BCUT2D eigenvalue weighted by molar-refractivity contribution is 7.08. The van der Waals surface area contributed by atoms with Gasteiger partial charge in [0.1, 0.15) is 0 Å². The first kappa shape index (κ1) is 12.6. The van der Waals surface area contributed by atoms with Gasteiger partial charge < -0.3 is 9.63 Å². The Bertz CT molecular complexity index is 776. The first-order chi connectivity index (χ1) is 9.66. The zero-order chi connectivity index (χ0) is 14.1. The van der Waals surface area contributed by atoms with E-state index in [-0.39, 0.29) is 11.5 Å². The van der Waals surface area contributed by atoms with Crippen molar-refractivity contribution in [2.75, 3.05) is 0 Å². The van der Waals surface area contributed by atoms with Gasteiger partial charge in [-0.2, -0.15) is 16.3 Å². The Labute approximate surface area is 118 Å². The summed E-state index contributed by atoms with van der Waals surface area (Å²) < 4.78 is 5.20. The summed E-state index contributed by atoms with van der Waals surface area (Å²) in [4.78, 5) is 15.5. The Kier molecular flexibility index (Phi) is 3.08. The second-order valence-electron chi connectivity index (χ2n) is 4.24. The second kappa shape index (κ2) is 4.90. The molecule has 6 heteroatoms. The van der Waals surface area contributed by atoms with Gasteiger partial charge in [0.2, 0.25) is 5.82 Å². The number of aryl methyl sites for hydroxylation is 1. The molecule has 0 atom stereocenters. The minimum absolute atomic E-state index is 0.143. The molecule has 20 heavy (non-hydrogen) atoms. The molecule has 1 aromatic carbocycles. The predicted octanol–water partition coefficient (Wildman–Crippen LogP) is 3.47. The summed E-state index contributed by atoms with van der Waals surface area (Å²) in [6.07, 6.45) is 0. The molecule has 0 aliphatic heterocycles. The molecular weight excluding hydrogens is 276 g/mol. The number of nitrogens with zero attached hydrogens (tertiary/aromatic N) is 2. The molecule has 5 nitrogen and oxygen atoms in total. The number of hydrogen-bond acceptors (Lipinski definition) is 5. The summed E-state index contributed by atoms with van der Waals surface area (Å²) in [5.74, 6) is -0.338. The van der Waals surface area contributed by atoms with Gasteiger partial charge in [-0.05, 0) is 30.0 Å². The van der Waals surface area contributed by atoms with Gasteiger partial charge in [-0.1, -0.05) is 17.3 Å². The van der Waals surface area contributed by atoms with Crippen molar-refractivity contribution >= 4 is 17.3 Å². The average Bonchev–Trinajstić information content (AvgIpc) is 3.07. The van der Waals surface area contributed by atoms with Gasteiger partial charge in [-0.3, -0.25) is 0 Å². The van der Waals surface area contributed by atoms with E-state index in [1.165, 1.54) is 6.07 Å². The maximum absolute atomic E-state index is 11.2. The van der Waals surface area contributed by atoms with Crippen LogP contribution in [0, 0.1) is 6.92 Å². The lowest BCUT2D eigenvalue weighted by Crippen LogP contribution is -1.99. The van der Waals surface area contributed by atoms with Crippen molar-refractivity contribution < 1.29 is 14.4 Å². The molecule has 2 heterocycles. The van der Waals surface area contributed by atoms with E-state index >= 15 is 0 Å². The fourth-order valence-corrected chi connectivity index (χ4v) is 2.71. The molecule has 2 aromatic heterocycles. The summed E-state index contributed by atoms with van der Waals surface area (Å²) in [6, 6.07) is 6.56. The van der Waals surface area contributed by atoms with Crippen molar-refractivity contribution in [3.8, 4) is 22.8 Å². The van der Waals surface area contributed by atoms with Crippen LogP contribution in [0.25, 0.3) is 22.8 Å². The highest BCUT2D eigenvalue weighted by Gasteiger charge is 2.18. The fraction of sp³-hybridized carbons (Fsp3) is 0.0714. The van der Waals surface area contributed by atoms with E-state index in [2.05, 4.69) is 10.1 Å². The Balaban J connectivity index is 2.07. The number of hydrogen-bond donors (Lipinski definition) is 1. The molecule has 0 fully saturated rings.